The number of aromatic amines is 2. The highest BCUT2D eigenvalue weighted by Gasteiger charge is 2.18. The lowest BCUT2D eigenvalue weighted by Gasteiger charge is -2.14. The van der Waals surface area contributed by atoms with E-state index in [4.69, 9.17) is 4.42 Å². The van der Waals surface area contributed by atoms with Gasteiger partial charge >= 0.3 is 0 Å². The van der Waals surface area contributed by atoms with Gasteiger partial charge in [-0.05, 0) is 35.9 Å². The summed E-state index contributed by atoms with van der Waals surface area (Å²) in [5, 5.41) is 16.4. The van der Waals surface area contributed by atoms with E-state index in [1.54, 1.807) is 36.4 Å². The number of rotatable bonds is 7. The number of carbonyl (C=O) groups excluding carboxylic acids is 1. The maximum atomic E-state index is 12.7. The highest BCUT2D eigenvalue weighted by Crippen LogP contribution is 2.28. The fourth-order valence-electron chi connectivity index (χ4n) is 3.70. The van der Waals surface area contributed by atoms with Gasteiger partial charge < -0.3 is 30.1 Å². The van der Waals surface area contributed by atoms with Crippen LogP contribution in [0.5, 0.6) is 0 Å². The smallest absolute Gasteiger partial charge is 0.291 e. The Labute approximate surface area is 193 Å². The summed E-state index contributed by atoms with van der Waals surface area (Å²) in [5.41, 5.74) is 2.84. The van der Waals surface area contributed by atoms with Crippen molar-refractivity contribution in [3.63, 3.8) is 0 Å². The van der Waals surface area contributed by atoms with Crippen molar-refractivity contribution in [2.24, 2.45) is 0 Å². The number of nitrogens with one attached hydrogen (secondary N) is 4. The number of carbonyl (C=O) groups is 1. The van der Waals surface area contributed by atoms with Gasteiger partial charge in [-0.1, -0.05) is 36.4 Å². The van der Waals surface area contributed by atoms with Crippen LogP contribution in [-0.2, 0) is 0 Å². The highest BCUT2D eigenvalue weighted by atomic mass is 16.3. The van der Waals surface area contributed by atoms with E-state index < -0.39 is 12.0 Å². The summed E-state index contributed by atoms with van der Waals surface area (Å²) in [6, 6.07) is 19.5. The van der Waals surface area contributed by atoms with Crippen LogP contribution in [-0.4, -0.2) is 32.5 Å². The van der Waals surface area contributed by atoms with Gasteiger partial charge in [0.1, 0.15) is 16.9 Å². The summed E-state index contributed by atoms with van der Waals surface area (Å²) in [4.78, 5) is 35.6. The highest BCUT2D eigenvalue weighted by molar-refractivity contribution is 6.06. The van der Waals surface area contributed by atoms with Crippen LogP contribution in [0.25, 0.3) is 22.4 Å². The first-order valence-electron chi connectivity index (χ1n) is 10.6. The Balaban J connectivity index is 1.46. The number of aromatic nitrogens is 3. The number of fused-ring (bicyclic) bond motifs is 1. The van der Waals surface area contributed by atoms with Crippen LogP contribution in [0.1, 0.15) is 22.2 Å². The Morgan fingerprint density at radius 3 is 2.68 bits per heavy atom. The molecule has 0 bridgehead atoms. The molecule has 0 saturated carbocycles. The van der Waals surface area contributed by atoms with E-state index >= 15 is 0 Å². The van der Waals surface area contributed by atoms with Crippen LogP contribution < -0.4 is 16.2 Å². The second kappa shape index (κ2) is 9.08. The van der Waals surface area contributed by atoms with Gasteiger partial charge in [0.25, 0.3) is 11.5 Å². The molecule has 5 rings (SSSR count). The number of para-hydroxylation sites is 1. The van der Waals surface area contributed by atoms with E-state index in [2.05, 4.69) is 25.6 Å². The van der Waals surface area contributed by atoms with Crippen LogP contribution in [0, 0.1) is 0 Å². The topological polar surface area (TPSA) is 136 Å². The summed E-state index contributed by atoms with van der Waals surface area (Å²) in [7, 11) is 0. The van der Waals surface area contributed by atoms with Crippen molar-refractivity contribution in [2.45, 2.75) is 6.10 Å². The lowest BCUT2D eigenvalue weighted by Crippen LogP contribution is -2.17. The standard InChI is InChI=1S/C25H21N5O4/c31-19(15-6-2-1-3-7-15)14-27-16-11-12-26-25(33)21(16)23-28-17-8-4-9-18(22(17)30-23)29-24(32)20-10-5-13-34-20/h1-13,19,31H,14H2,(H,28,30)(H,29,32)(H2,26,27,33)/t19-/m1/s1. The summed E-state index contributed by atoms with van der Waals surface area (Å²) < 4.78 is 5.15. The fraction of sp³-hybridized carbons (Fsp3) is 0.0800. The molecule has 0 aliphatic rings. The van der Waals surface area contributed by atoms with E-state index in [0.29, 0.717) is 33.8 Å². The van der Waals surface area contributed by atoms with Gasteiger partial charge in [0.05, 0.1) is 29.3 Å². The molecule has 0 fully saturated rings. The molecule has 0 aliphatic heterocycles. The average Bonchev–Trinajstić information content (AvgIpc) is 3.54. The maximum Gasteiger partial charge on any atom is 0.291 e. The zero-order valence-corrected chi connectivity index (χ0v) is 17.9. The predicted molar refractivity (Wildman–Crippen MR) is 129 cm³/mol. The summed E-state index contributed by atoms with van der Waals surface area (Å²) in [6.07, 6.45) is 2.20. The molecule has 34 heavy (non-hydrogen) atoms. The predicted octanol–water partition coefficient (Wildman–Crippen LogP) is 3.91. The molecule has 170 valence electrons. The van der Waals surface area contributed by atoms with Gasteiger partial charge in [-0.2, -0.15) is 0 Å². The van der Waals surface area contributed by atoms with Crippen molar-refractivity contribution in [1.82, 2.24) is 15.0 Å². The Bertz CT molecular complexity index is 1490. The van der Waals surface area contributed by atoms with Gasteiger partial charge in [0.2, 0.25) is 0 Å². The van der Waals surface area contributed by atoms with Crippen LogP contribution in [0.3, 0.4) is 0 Å². The Hall–Kier alpha value is -4.63. The van der Waals surface area contributed by atoms with Gasteiger partial charge in [0.15, 0.2) is 5.76 Å². The lowest BCUT2D eigenvalue weighted by molar-refractivity contribution is 0.0997. The van der Waals surface area contributed by atoms with E-state index in [1.807, 2.05) is 30.3 Å². The number of H-pyrrole nitrogens is 2. The molecule has 3 heterocycles. The second-order valence-corrected chi connectivity index (χ2v) is 7.62. The first kappa shape index (κ1) is 21.2. The molecule has 1 amide bonds. The van der Waals surface area contributed by atoms with Gasteiger partial charge in [-0.15, -0.1) is 0 Å². The molecule has 9 nitrogen and oxygen atoms in total. The molecule has 9 heteroatoms. The SMILES string of the molecule is O=C(Nc1cccc2[nH]c(-c3c(NC[C@@H](O)c4ccccc4)cc[nH]c3=O)nc12)c1ccco1. The van der Waals surface area contributed by atoms with Crippen LogP contribution in [0.4, 0.5) is 11.4 Å². The summed E-state index contributed by atoms with van der Waals surface area (Å²) in [6.45, 7) is 0.200. The second-order valence-electron chi connectivity index (χ2n) is 7.62. The number of hydrogen-bond acceptors (Lipinski definition) is 6. The van der Waals surface area contributed by atoms with E-state index in [9.17, 15) is 14.7 Å². The van der Waals surface area contributed by atoms with Crippen molar-refractivity contribution in [3.8, 4) is 11.4 Å². The Morgan fingerprint density at radius 2 is 1.88 bits per heavy atom. The number of amides is 1. The molecule has 0 unspecified atom stereocenters. The fourth-order valence-corrected chi connectivity index (χ4v) is 3.70. The van der Waals surface area contributed by atoms with Crippen molar-refractivity contribution >= 4 is 28.3 Å². The zero-order chi connectivity index (χ0) is 23.5. The number of furan rings is 1. The summed E-state index contributed by atoms with van der Waals surface area (Å²) >= 11 is 0. The third-order valence-corrected chi connectivity index (χ3v) is 5.37. The average molecular weight is 455 g/mol. The van der Waals surface area contributed by atoms with Crippen molar-refractivity contribution in [2.75, 3.05) is 17.2 Å². The summed E-state index contributed by atoms with van der Waals surface area (Å²) in [5.74, 6) is 0.0980. The normalized spacial score (nSPS) is 11.9. The van der Waals surface area contributed by atoms with Crippen LogP contribution in [0.2, 0.25) is 0 Å². The number of anilines is 2. The Morgan fingerprint density at radius 1 is 1.03 bits per heavy atom. The quantitative estimate of drug-likeness (QED) is 0.252. The molecule has 1 atom stereocenters. The number of benzene rings is 2. The van der Waals surface area contributed by atoms with Gasteiger partial charge in [-0.3, -0.25) is 9.59 Å². The largest absolute Gasteiger partial charge is 0.459 e. The minimum Gasteiger partial charge on any atom is -0.459 e. The van der Waals surface area contributed by atoms with E-state index in [-0.39, 0.29) is 17.9 Å². The minimum absolute atomic E-state index is 0.177. The molecule has 0 saturated heterocycles. The Kier molecular flexibility index (Phi) is 5.67. The number of aliphatic hydroxyl groups excluding tert-OH is 1. The van der Waals surface area contributed by atoms with Crippen LogP contribution >= 0.6 is 0 Å². The number of pyridine rings is 1. The van der Waals surface area contributed by atoms with E-state index in [1.165, 1.54) is 12.5 Å². The number of imidazole rings is 1. The van der Waals surface area contributed by atoms with E-state index in [0.717, 1.165) is 5.56 Å². The first-order chi connectivity index (χ1) is 16.6. The monoisotopic (exact) mass is 455 g/mol. The minimum atomic E-state index is -0.757. The van der Waals surface area contributed by atoms with Crippen molar-refractivity contribution in [3.05, 3.63) is 101 Å². The first-order valence-corrected chi connectivity index (χ1v) is 10.6. The molecule has 3 aromatic heterocycles. The van der Waals surface area contributed by atoms with Crippen LogP contribution in [0.15, 0.2) is 88.4 Å². The maximum absolute atomic E-state index is 12.7. The molecule has 0 aliphatic carbocycles. The molecular formula is C25H21N5O4. The van der Waals surface area contributed by atoms with Crippen molar-refractivity contribution < 1.29 is 14.3 Å². The molecule has 5 aromatic rings. The number of hydrogen-bond donors (Lipinski definition) is 5. The number of aliphatic hydroxyl groups is 1. The zero-order valence-electron chi connectivity index (χ0n) is 17.9. The molecule has 0 spiro atoms. The van der Waals surface area contributed by atoms with Gasteiger partial charge in [-0.25, -0.2) is 4.98 Å². The lowest BCUT2D eigenvalue weighted by atomic mass is 10.1. The van der Waals surface area contributed by atoms with Gasteiger partial charge in [0, 0.05) is 12.7 Å². The number of nitrogens with zero attached hydrogens (tertiary/aromatic N) is 1. The third-order valence-electron chi connectivity index (χ3n) is 5.37. The molecule has 5 N–H and O–H groups in total. The van der Waals surface area contributed by atoms with Crippen molar-refractivity contribution in [1.29, 1.82) is 0 Å². The molecule has 2 aromatic carbocycles. The third kappa shape index (κ3) is 4.19. The molecule has 0 radical (unpaired) electrons. The molecular weight excluding hydrogens is 434 g/mol.